The summed E-state index contributed by atoms with van der Waals surface area (Å²) in [5, 5.41) is 11.2. The van der Waals surface area contributed by atoms with E-state index in [1.807, 2.05) is 41.2 Å². The summed E-state index contributed by atoms with van der Waals surface area (Å²) in [5.41, 5.74) is 3.59. The van der Waals surface area contributed by atoms with E-state index in [0.717, 1.165) is 36.8 Å². The van der Waals surface area contributed by atoms with Gasteiger partial charge in [0.05, 0.1) is 25.8 Å². The van der Waals surface area contributed by atoms with Crippen LogP contribution in [0.5, 0.6) is 5.75 Å². The first kappa shape index (κ1) is 19.1. The Morgan fingerprint density at radius 3 is 2.76 bits per heavy atom. The number of guanidine groups is 1. The minimum Gasteiger partial charge on any atom is -0.488 e. The van der Waals surface area contributed by atoms with Crippen LogP contribution in [0.25, 0.3) is 0 Å². The maximum Gasteiger partial charge on any atom is 0.191 e. The van der Waals surface area contributed by atoms with E-state index in [2.05, 4.69) is 53.1 Å². The van der Waals surface area contributed by atoms with Crippen molar-refractivity contribution in [2.24, 2.45) is 4.99 Å². The zero-order valence-electron chi connectivity index (χ0n) is 16.7. The summed E-state index contributed by atoms with van der Waals surface area (Å²) in [6.45, 7) is 4.94. The predicted octanol–water partition coefficient (Wildman–Crippen LogP) is 2.99. The van der Waals surface area contributed by atoms with E-state index in [9.17, 15) is 0 Å². The van der Waals surface area contributed by atoms with Crippen molar-refractivity contribution in [3.05, 3.63) is 83.7 Å². The molecular formula is C23H27N5O. The largest absolute Gasteiger partial charge is 0.488 e. The van der Waals surface area contributed by atoms with E-state index >= 15 is 0 Å². The van der Waals surface area contributed by atoms with E-state index in [1.54, 1.807) is 0 Å². The molecule has 2 aromatic carbocycles. The third-order valence-electron chi connectivity index (χ3n) is 4.85. The zero-order chi connectivity index (χ0) is 19.9. The summed E-state index contributed by atoms with van der Waals surface area (Å²) >= 11 is 0. The van der Waals surface area contributed by atoms with Gasteiger partial charge in [0, 0.05) is 24.7 Å². The number of benzene rings is 2. The molecule has 1 unspecified atom stereocenters. The van der Waals surface area contributed by atoms with Crippen LogP contribution in [0.2, 0.25) is 0 Å². The van der Waals surface area contributed by atoms with Gasteiger partial charge in [-0.1, -0.05) is 48.5 Å². The molecule has 4 rings (SSSR count). The summed E-state index contributed by atoms with van der Waals surface area (Å²) in [4.78, 5) is 4.70. The lowest BCUT2D eigenvalue weighted by molar-refractivity contribution is 0.235. The van der Waals surface area contributed by atoms with Gasteiger partial charge >= 0.3 is 0 Å². The molecule has 2 heterocycles. The lowest BCUT2D eigenvalue weighted by Gasteiger charge is -2.15. The Morgan fingerprint density at radius 2 is 1.93 bits per heavy atom. The van der Waals surface area contributed by atoms with Crippen molar-refractivity contribution in [2.75, 3.05) is 13.1 Å². The number of nitrogens with one attached hydrogen (secondary N) is 2. The fourth-order valence-electron chi connectivity index (χ4n) is 3.44. The van der Waals surface area contributed by atoms with Gasteiger partial charge in [0.25, 0.3) is 0 Å². The van der Waals surface area contributed by atoms with Gasteiger partial charge in [0.15, 0.2) is 5.96 Å². The van der Waals surface area contributed by atoms with Gasteiger partial charge in [-0.3, -0.25) is 4.68 Å². The highest BCUT2D eigenvalue weighted by Gasteiger charge is 2.22. The Kier molecular flexibility index (Phi) is 6.10. The molecule has 2 N–H and O–H groups in total. The van der Waals surface area contributed by atoms with Gasteiger partial charge in [0.1, 0.15) is 11.9 Å². The zero-order valence-corrected chi connectivity index (χ0v) is 16.7. The molecule has 1 aliphatic heterocycles. The van der Waals surface area contributed by atoms with E-state index in [4.69, 9.17) is 9.73 Å². The number of ether oxygens (including phenoxy) is 1. The number of para-hydroxylation sites is 1. The molecule has 6 nitrogen and oxygen atoms in total. The molecule has 29 heavy (non-hydrogen) atoms. The van der Waals surface area contributed by atoms with Gasteiger partial charge in [-0.05, 0) is 24.1 Å². The van der Waals surface area contributed by atoms with E-state index in [0.29, 0.717) is 13.1 Å². The molecule has 0 fully saturated rings. The van der Waals surface area contributed by atoms with Gasteiger partial charge in [-0.2, -0.15) is 5.10 Å². The second-order valence-electron chi connectivity index (χ2n) is 7.16. The minimum atomic E-state index is 0.130. The number of rotatable bonds is 7. The van der Waals surface area contributed by atoms with Crippen molar-refractivity contribution < 1.29 is 4.74 Å². The summed E-state index contributed by atoms with van der Waals surface area (Å²) in [6.07, 6.45) is 4.99. The fraction of sp³-hybridized carbons (Fsp3) is 0.304. The summed E-state index contributed by atoms with van der Waals surface area (Å²) < 4.78 is 7.95. The fourth-order valence-corrected chi connectivity index (χ4v) is 3.44. The van der Waals surface area contributed by atoms with E-state index in [-0.39, 0.29) is 6.10 Å². The topological polar surface area (TPSA) is 63.5 Å². The maximum atomic E-state index is 6.00. The second-order valence-corrected chi connectivity index (χ2v) is 7.16. The Hall–Kier alpha value is -3.28. The Bertz CT molecular complexity index is 926. The number of hydrogen-bond acceptors (Lipinski definition) is 3. The molecule has 0 saturated carbocycles. The van der Waals surface area contributed by atoms with Crippen LogP contribution in [0.3, 0.4) is 0 Å². The third kappa shape index (κ3) is 5.16. The summed E-state index contributed by atoms with van der Waals surface area (Å²) in [5.74, 6) is 1.79. The second kappa shape index (κ2) is 9.28. The molecule has 3 aromatic rings. The van der Waals surface area contributed by atoms with Crippen LogP contribution in [0.1, 0.15) is 23.6 Å². The van der Waals surface area contributed by atoms with Crippen LogP contribution in [0, 0.1) is 0 Å². The van der Waals surface area contributed by atoms with Crippen LogP contribution in [0.15, 0.2) is 72.0 Å². The number of aliphatic imine (C=N–C) groups is 1. The first-order valence-electron chi connectivity index (χ1n) is 10.1. The van der Waals surface area contributed by atoms with E-state index in [1.165, 1.54) is 11.1 Å². The minimum absolute atomic E-state index is 0.130. The van der Waals surface area contributed by atoms with Gasteiger partial charge in [-0.15, -0.1) is 0 Å². The maximum absolute atomic E-state index is 6.00. The van der Waals surface area contributed by atoms with Crippen molar-refractivity contribution in [1.82, 2.24) is 20.4 Å². The standard InChI is InChI=1S/C23H27N5O/c1-2-24-23(26-15-21-12-20-10-6-7-11-22(20)29-21)25-13-19-14-27-28(17-19)16-18-8-4-3-5-9-18/h3-11,14,17,21H,2,12-13,15-16H2,1H3,(H2,24,25,26). The highest BCUT2D eigenvalue weighted by Crippen LogP contribution is 2.27. The smallest absolute Gasteiger partial charge is 0.191 e. The van der Waals surface area contributed by atoms with Crippen molar-refractivity contribution in [2.45, 2.75) is 32.5 Å². The number of hydrogen-bond donors (Lipinski definition) is 2. The van der Waals surface area contributed by atoms with Gasteiger partial charge < -0.3 is 15.4 Å². The quantitative estimate of drug-likeness (QED) is 0.482. The molecule has 150 valence electrons. The number of nitrogens with zero attached hydrogens (tertiary/aromatic N) is 3. The predicted molar refractivity (Wildman–Crippen MR) is 115 cm³/mol. The molecule has 1 aliphatic rings. The van der Waals surface area contributed by atoms with Crippen LogP contribution >= 0.6 is 0 Å². The van der Waals surface area contributed by atoms with Crippen molar-refractivity contribution in [3.8, 4) is 5.75 Å². The van der Waals surface area contributed by atoms with Crippen molar-refractivity contribution in [3.63, 3.8) is 0 Å². The monoisotopic (exact) mass is 389 g/mol. The third-order valence-corrected chi connectivity index (χ3v) is 4.85. The first-order chi connectivity index (χ1) is 14.3. The molecule has 1 aromatic heterocycles. The first-order valence-corrected chi connectivity index (χ1v) is 10.1. The van der Waals surface area contributed by atoms with Crippen LogP contribution in [-0.2, 0) is 19.5 Å². The highest BCUT2D eigenvalue weighted by atomic mass is 16.5. The van der Waals surface area contributed by atoms with E-state index < -0.39 is 0 Å². The lowest BCUT2D eigenvalue weighted by atomic mass is 10.1. The molecule has 6 heteroatoms. The molecule has 0 spiro atoms. The normalized spacial score (nSPS) is 15.6. The van der Waals surface area contributed by atoms with Crippen LogP contribution in [0.4, 0.5) is 0 Å². The summed E-state index contributed by atoms with van der Waals surface area (Å²) in [7, 11) is 0. The van der Waals surface area contributed by atoms with Gasteiger partial charge in [-0.25, -0.2) is 4.99 Å². The molecule has 0 radical (unpaired) electrons. The lowest BCUT2D eigenvalue weighted by Crippen LogP contribution is -2.42. The molecule has 0 amide bonds. The number of aromatic nitrogens is 2. The van der Waals surface area contributed by atoms with Crippen LogP contribution in [-0.4, -0.2) is 34.9 Å². The highest BCUT2D eigenvalue weighted by molar-refractivity contribution is 5.79. The van der Waals surface area contributed by atoms with Crippen molar-refractivity contribution in [1.29, 1.82) is 0 Å². The number of fused-ring (bicyclic) bond motifs is 1. The molecule has 0 saturated heterocycles. The molecule has 0 aliphatic carbocycles. The molecular weight excluding hydrogens is 362 g/mol. The molecule has 0 bridgehead atoms. The summed E-state index contributed by atoms with van der Waals surface area (Å²) in [6, 6.07) is 18.6. The van der Waals surface area contributed by atoms with Crippen LogP contribution < -0.4 is 15.4 Å². The SMILES string of the molecule is CCNC(=NCc1cnn(Cc2ccccc2)c1)NCC1Cc2ccccc2O1. The average molecular weight is 390 g/mol. The van der Waals surface area contributed by atoms with Gasteiger partial charge in [0.2, 0.25) is 0 Å². The Balaban J connectivity index is 1.31. The van der Waals surface area contributed by atoms with Crippen molar-refractivity contribution >= 4 is 5.96 Å². The average Bonchev–Trinajstić information content (AvgIpc) is 3.37. The Morgan fingerprint density at radius 1 is 1.10 bits per heavy atom. The Labute approximate surface area is 171 Å². The molecule has 1 atom stereocenters.